The molecule has 1 saturated heterocycles. The molecule has 0 radical (unpaired) electrons. The molecule has 4 nitrogen and oxygen atoms in total. The van der Waals surface area contributed by atoms with Crippen molar-refractivity contribution in [3.8, 4) is 5.69 Å². The Balaban J connectivity index is 1.53. The summed E-state index contributed by atoms with van der Waals surface area (Å²) < 4.78 is 15.0. The summed E-state index contributed by atoms with van der Waals surface area (Å²) in [5.74, 6) is -0.254. The van der Waals surface area contributed by atoms with E-state index in [2.05, 4.69) is 5.10 Å². The molecule has 2 heterocycles. The fourth-order valence-electron chi connectivity index (χ4n) is 3.46. The SMILES string of the molecule is Cc1cc(C)n(-c2ccc(C(=O)N3CC[C@@H]3c3ccc(F)cc3)cc2)n1. The van der Waals surface area contributed by atoms with Crippen LogP contribution in [0, 0.1) is 19.7 Å². The Morgan fingerprint density at radius 1 is 1.08 bits per heavy atom. The highest BCUT2D eigenvalue weighted by molar-refractivity contribution is 5.95. The third kappa shape index (κ3) is 2.90. The lowest BCUT2D eigenvalue weighted by Crippen LogP contribution is -2.45. The second-order valence-electron chi connectivity index (χ2n) is 6.74. The molecule has 1 aliphatic heterocycles. The molecule has 0 spiro atoms. The molecule has 0 aliphatic carbocycles. The van der Waals surface area contributed by atoms with E-state index in [1.807, 2.05) is 53.8 Å². The van der Waals surface area contributed by atoms with Crippen molar-refractivity contribution >= 4 is 5.91 Å². The largest absolute Gasteiger partial charge is 0.331 e. The molecule has 0 bridgehead atoms. The van der Waals surface area contributed by atoms with Crippen LogP contribution in [0.3, 0.4) is 0 Å². The average molecular weight is 349 g/mol. The molecule has 0 unspecified atom stereocenters. The van der Waals surface area contributed by atoms with Gasteiger partial charge in [-0.1, -0.05) is 12.1 Å². The molecule has 1 atom stereocenters. The number of carbonyl (C=O) groups excluding carboxylic acids is 1. The molecule has 3 aromatic rings. The van der Waals surface area contributed by atoms with Crippen LogP contribution in [0.1, 0.15) is 39.8 Å². The maximum Gasteiger partial charge on any atom is 0.254 e. The van der Waals surface area contributed by atoms with Crippen molar-refractivity contribution < 1.29 is 9.18 Å². The van der Waals surface area contributed by atoms with Crippen molar-refractivity contribution in [2.24, 2.45) is 0 Å². The smallest absolute Gasteiger partial charge is 0.254 e. The minimum absolute atomic E-state index is 0.00509. The highest BCUT2D eigenvalue weighted by atomic mass is 19.1. The average Bonchev–Trinajstić information content (AvgIpc) is 2.94. The van der Waals surface area contributed by atoms with Gasteiger partial charge in [-0.3, -0.25) is 4.79 Å². The third-order valence-corrected chi connectivity index (χ3v) is 4.90. The van der Waals surface area contributed by atoms with Gasteiger partial charge in [0, 0.05) is 17.8 Å². The summed E-state index contributed by atoms with van der Waals surface area (Å²) in [6.07, 6.45) is 0.904. The maximum atomic E-state index is 13.1. The van der Waals surface area contributed by atoms with E-state index >= 15 is 0 Å². The van der Waals surface area contributed by atoms with Gasteiger partial charge < -0.3 is 4.90 Å². The molecule has 1 amide bonds. The van der Waals surface area contributed by atoms with Crippen LogP contribution in [0.5, 0.6) is 0 Å². The van der Waals surface area contributed by atoms with Gasteiger partial charge in [0.05, 0.1) is 17.4 Å². The summed E-state index contributed by atoms with van der Waals surface area (Å²) in [7, 11) is 0. The fraction of sp³-hybridized carbons (Fsp3) is 0.238. The minimum Gasteiger partial charge on any atom is -0.331 e. The van der Waals surface area contributed by atoms with E-state index in [9.17, 15) is 9.18 Å². The zero-order chi connectivity index (χ0) is 18.3. The topological polar surface area (TPSA) is 38.1 Å². The lowest BCUT2D eigenvalue weighted by Gasteiger charge is -2.41. The summed E-state index contributed by atoms with van der Waals surface area (Å²) in [5, 5.41) is 4.47. The number of hydrogen-bond acceptors (Lipinski definition) is 2. The summed E-state index contributed by atoms with van der Waals surface area (Å²) in [4.78, 5) is 14.7. The van der Waals surface area contributed by atoms with E-state index in [0.29, 0.717) is 5.56 Å². The number of benzene rings is 2. The quantitative estimate of drug-likeness (QED) is 0.710. The molecule has 1 aliphatic rings. The molecule has 26 heavy (non-hydrogen) atoms. The van der Waals surface area contributed by atoms with Crippen molar-refractivity contribution in [3.63, 3.8) is 0 Å². The van der Waals surface area contributed by atoms with Crippen molar-refractivity contribution in [1.82, 2.24) is 14.7 Å². The molecular weight excluding hydrogens is 329 g/mol. The predicted octanol–water partition coefficient (Wildman–Crippen LogP) is 4.22. The third-order valence-electron chi connectivity index (χ3n) is 4.90. The zero-order valence-electron chi connectivity index (χ0n) is 14.8. The summed E-state index contributed by atoms with van der Waals surface area (Å²) >= 11 is 0. The number of hydrogen-bond donors (Lipinski definition) is 0. The Bertz CT molecular complexity index is 944. The molecule has 0 N–H and O–H groups in total. The Kier molecular flexibility index (Phi) is 4.07. The first-order valence-corrected chi connectivity index (χ1v) is 8.73. The van der Waals surface area contributed by atoms with Crippen LogP contribution in [0.15, 0.2) is 54.6 Å². The highest BCUT2D eigenvalue weighted by Crippen LogP contribution is 2.34. The number of carbonyl (C=O) groups is 1. The van der Waals surface area contributed by atoms with Gasteiger partial charge in [-0.05, 0) is 68.3 Å². The summed E-state index contributed by atoms with van der Waals surface area (Å²) in [6.45, 7) is 4.69. The minimum atomic E-state index is -0.259. The monoisotopic (exact) mass is 349 g/mol. The summed E-state index contributed by atoms with van der Waals surface area (Å²) in [5.41, 5.74) is 4.59. The van der Waals surface area contributed by atoms with E-state index in [1.165, 1.54) is 12.1 Å². The Labute approximate surface area is 151 Å². The molecule has 5 heteroatoms. The van der Waals surface area contributed by atoms with E-state index in [1.54, 1.807) is 12.1 Å². The second-order valence-corrected chi connectivity index (χ2v) is 6.74. The maximum absolute atomic E-state index is 13.1. The van der Waals surface area contributed by atoms with Gasteiger partial charge in [0.2, 0.25) is 0 Å². The number of likely N-dealkylation sites (tertiary alicyclic amines) is 1. The van der Waals surface area contributed by atoms with Crippen molar-refractivity contribution in [2.45, 2.75) is 26.3 Å². The lowest BCUT2D eigenvalue weighted by atomic mass is 9.93. The van der Waals surface area contributed by atoms with Gasteiger partial charge >= 0.3 is 0 Å². The van der Waals surface area contributed by atoms with Crippen molar-refractivity contribution in [2.75, 3.05) is 6.54 Å². The number of aryl methyl sites for hydroxylation is 2. The molecule has 2 aromatic carbocycles. The normalized spacial score (nSPS) is 16.4. The van der Waals surface area contributed by atoms with Crippen LogP contribution in [-0.4, -0.2) is 27.1 Å². The highest BCUT2D eigenvalue weighted by Gasteiger charge is 2.33. The number of aromatic nitrogens is 2. The molecule has 1 fully saturated rings. The first kappa shape index (κ1) is 16.5. The Morgan fingerprint density at radius 3 is 2.31 bits per heavy atom. The fourth-order valence-corrected chi connectivity index (χ4v) is 3.46. The molecule has 1 aromatic heterocycles. The number of rotatable bonds is 3. The van der Waals surface area contributed by atoms with Crippen LogP contribution in [-0.2, 0) is 0 Å². The number of nitrogens with zero attached hydrogens (tertiary/aromatic N) is 3. The first-order chi connectivity index (χ1) is 12.5. The van der Waals surface area contributed by atoms with Gasteiger partial charge in [0.1, 0.15) is 5.82 Å². The van der Waals surface area contributed by atoms with E-state index in [0.717, 1.165) is 35.6 Å². The van der Waals surface area contributed by atoms with Crippen LogP contribution in [0.25, 0.3) is 5.69 Å². The number of halogens is 1. The van der Waals surface area contributed by atoms with Gasteiger partial charge in [-0.2, -0.15) is 5.10 Å². The van der Waals surface area contributed by atoms with Crippen LogP contribution >= 0.6 is 0 Å². The second kappa shape index (κ2) is 6.41. The van der Waals surface area contributed by atoms with Crippen LogP contribution in [0.4, 0.5) is 4.39 Å². The molecular formula is C21H20FN3O. The van der Waals surface area contributed by atoms with Gasteiger partial charge in [-0.25, -0.2) is 9.07 Å². The van der Waals surface area contributed by atoms with E-state index in [4.69, 9.17) is 0 Å². The lowest BCUT2D eigenvalue weighted by molar-refractivity contribution is 0.0460. The van der Waals surface area contributed by atoms with Crippen molar-refractivity contribution in [1.29, 1.82) is 0 Å². The van der Waals surface area contributed by atoms with Gasteiger partial charge in [0.25, 0.3) is 5.91 Å². The number of amides is 1. The van der Waals surface area contributed by atoms with E-state index in [-0.39, 0.29) is 17.8 Å². The van der Waals surface area contributed by atoms with Gasteiger partial charge in [0.15, 0.2) is 0 Å². The molecule has 132 valence electrons. The first-order valence-electron chi connectivity index (χ1n) is 8.73. The van der Waals surface area contributed by atoms with Gasteiger partial charge in [-0.15, -0.1) is 0 Å². The van der Waals surface area contributed by atoms with Crippen molar-refractivity contribution in [3.05, 3.63) is 82.9 Å². The standard InChI is InChI=1S/C21H20FN3O/c1-14-13-15(2)25(23-14)19-9-5-17(6-10-19)21(26)24-12-11-20(24)16-3-7-18(22)8-4-16/h3-10,13,20H,11-12H2,1-2H3/t20-/m1/s1. The zero-order valence-corrected chi connectivity index (χ0v) is 14.8. The Hall–Kier alpha value is -2.95. The summed E-state index contributed by atoms with van der Waals surface area (Å²) in [6, 6.07) is 16.0. The van der Waals surface area contributed by atoms with E-state index < -0.39 is 0 Å². The molecule has 0 saturated carbocycles. The van der Waals surface area contributed by atoms with Crippen LogP contribution in [0.2, 0.25) is 0 Å². The van der Waals surface area contributed by atoms with Crippen LogP contribution < -0.4 is 0 Å². The predicted molar refractivity (Wildman–Crippen MR) is 97.8 cm³/mol. The molecule has 4 rings (SSSR count). The Morgan fingerprint density at radius 2 is 1.77 bits per heavy atom.